The first-order valence-corrected chi connectivity index (χ1v) is 7.18. The standard InChI is InChI=1S/C14H19NO3S/c1-9-4-10(2)12(11(3)5-9)6-19-7-13(14(17)18)15-8-16/h4-5,8,13H,6-7H2,1-3H3,(H,15,16)(H,17,18). The molecule has 1 rings (SSSR count). The highest BCUT2D eigenvalue weighted by atomic mass is 32.2. The number of thioether (sulfide) groups is 1. The first kappa shape index (κ1) is 15.6. The average Bonchev–Trinajstić information content (AvgIpc) is 2.30. The molecule has 0 aliphatic carbocycles. The highest BCUT2D eigenvalue weighted by molar-refractivity contribution is 7.98. The molecule has 0 radical (unpaired) electrons. The van der Waals surface area contributed by atoms with E-state index in [2.05, 4.69) is 38.2 Å². The van der Waals surface area contributed by atoms with E-state index in [0.717, 1.165) is 5.75 Å². The molecule has 1 aromatic carbocycles. The Balaban J connectivity index is 2.62. The van der Waals surface area contributed by atoms with Gasteiger partial charge in [-0.15, -0.1) is 0 Å². The van der Waals surface area contributed by atoms with Crippen LogP contribution in [0.4, 0.5) is 0 Å². The molecular formula is C14H19NO3S. The second-order valence-corrected chi connectivity index (χ2v) is 5.60. The van der Waals surface area contributed by atoms with E-state index in [1.54, 1.807) is 0 Å². The Hall–Kier alpha value is -1.49. The zero-order valence-electron chi connectivity index (χ0n) is 11.4. The molecule has 5 heteroatoms. The zero-order chi connectivity index (χ0) is 14.4. The maximum atomic E-state index is 10.9. The third-order valence-corrected chi connectivity index (χ3v) is 4.00. The lowest BCUT2D eigenvalue weighted by Gasteiger charge is -2.13. The third-order valence-electron chi connectivity index (χ3n) is 2.94. The molecule has 1 unspecified atom stereocenters. The summed E-state index contributed by atoms with van der Waals surface area (Å²) in [5, 5.41) is 11.2. The molecule has 2 N–H and O–H groups in total. The minimum absolute atomic E-state index is 0.362. The maximum absolute atomic E-state index is 10.9. The second kappa shape index (κ2) is 7.19. The lowest BCUT2D eigenvalue weighted by Crippen LogP contribution is -2.37. The zero-order valence-corrected chi connectivity index (χ0v) is 12.2. The van der Waals surface area contributed by atoms with Crippen molar-refractivity contribution in [2.75, 3.05) is 5.75 Å². The minimum Gasteiger partial charge on any atom is -0.480 e. The van der Waals surface area contributed by atoms with E-state index in [9.17, 15) is 9.59 Å². The molecule has 0 saturated carbocycles. The molecule has 4 nitrogen and oxygen atoms in total. The van der Waals surface area contributed by atoms with Crippen molar-refractivity contribution in [2.24, 2.45) is 0 Å². The number of aryl methyl sites for hydroxylation is 3. The van der Waals surface area contributed by atoms with Gasteiger partial charge in [0.2, 0.25) is 6.41 Å². The third kappa shape index (κ3) is 4.59. The monoisotopic (exact) mass is 281 g/mol. The fourth-order valence-electron chi connectivity index (χ4n) is 1.99. The summed E-state index contributed by atoms with van der Waals surface area (Å²) in [5.41, 5.74) is 4.92. The van der Waals surface area contributed by atoms with Crippen LogP contribution in [0.15, 0.2) is 12.1 Å². The molecule has 0 fully saturated rings. The van der Waals surface area contributed by atoms with E-state index in [-0.39, 0.29) is 0 Å². The van der Waals surface area contributed by atoms with Crippen LogP contribution in [0.2, 0.25) is 0 Å². The number of carboxylic acid groups (broad SMARTS) is 1. The van der Waals surface area contributed by atoms with Crippen molar-refractivity contribution >= 4 is 24.1 Å². The normalized spacial score (nSPS) is 11.9. The van der Waals surface area contributed by atoms with Gasteiger partial charge in [0.25, 0.3) is 0 Å². The first-order valence-electron chi connectivity index (χ1n) is 6.02. The quantitative estimate of drug-likeness (QED) is 0.751. The molecule has 0 heterocycles. The van der Waals surface area contributed by atoms with Crippen LogP contribution in [0.1, 0.15) is 22.3 Å². The number of benzene rings is 1. The second-order valence-electron chi connectivity index (χ2n) is 4.57. The summed E-state index contributed by atoms with van der Waals surface area (Å²) in [4.78, 5) is 21.2. The molecular weight excluding hydrogens is 262 g/mol. The van der Waals surface area contributed by atoms with Crippen LogP contribution in [-0.4, -0.2) is 29.3 Å². The van der Waals surface area contributed by atoms with Crippen LogP contribution in [0, 0.1) is 20.8 Å². The summed E-state index contributed by atoms with van der Waals surface area (Å²) in [6.45, 7) is 6.19. The SMILES string of the molecule is Cc1cc(C)c(CSCC(NC=O)C(=O)O)c(C)c1. The van der Waals surface area contributed by atoms with Crippen molar-refractivity contribution in [3.63, 3.8) is 0 Å². The summed E-state index contributed by atoms with van der Waals surface area (Å²) in [5.74, 6) is 0.111. The predicted octanol–water partition coefficient (Wildman–Crippen LogP) is 2.04. The molecule has 1 atom stereocenters. The van der Waals surface area contributed by atoms with Gasteiger partial charge in [-0.1, -0.05) is 17.7 Å². The average molecular weight is 281 g/mol. The van der Waals surface area contributed by atoms with Gasteiger partial charge in [0.15, 0.2) is 0 Å². The molecule has 0 spiro atoms. The van der Waals surface area contributed by atoms with Crippen LogP contribution in [0.3, 0.4) is 0 Å². The number of carbonyl (C=O) groups excluding carboxylic acids is 1. The van der Waals surface area contributed by atoms with Gasteiger partial charge in [-0.3, -0.25) is 4.79 Å². The summed E-state index contributed by atoms with van der Waals surface area (Å²) < 4.78 is 0. The number of carboxylic acids is 1. The predicted molar refractivity (Wildman–Crippen MR) is 77.4 cm³/mol. The number of nitrogens with one attached hydrogen (secondary N) is 1. The Morgan fingerprint density at radius 2 is 1.95 bits per heavy atom. The van der Waals surface area contributed by atoms with E-state index in [1.807, 2.05) is 0 Å². The largest absolute Gasteiger partial charge is 0.480 e. The molecule has 104 valence electrons. The number of hydrogen-bond acceptors (Lipinski definition) is 3. The van der Waals surface area contributed by atoms with Crippen LogP contribution in [0.5, 0.6) is 0 Å². The highest BCUT2D eigenvalue weighted by Gasteiger charge is 2.16. The van der Waals surface area contributed by atoms with Gasteiger partial charge >= 0.3 is 5.97 Å². The van der Waals surface area contributed by atoms with E-state index < -0.39 is 12.0 Å². The van der Waals surface area contributed by atoms with Crippen molar-refractivity contribution in [3.8, 4) is 0 Å². The summed E-state index contributed by atoms with van der Waals surface area (Å²) in [6.07, 6.45) is 0.432. The number of carbonyl (C=O) groups is 2. The summed E-state index contributed by atoms with van der Waals surface area (Å²) >= 11 is 1.51. The van der Waals surface area contributed by atoms with Crippen LogP contribution < -0.4 is 5.32 Å². The molecule has 0 bridgehead atoms. The van der Waals surface area contributed by atoms with Crippen molar-refractivity contribution in [1.82, 2.24) is 5.32 Å². The van der Waals surface area contributed by atoms with Gasteiger partial charge < -0.3 is 10.4 Å². The van der Waals surface area contributed by atoms with Gasteiger partial charge in [0, 0.05) is 11.5 Å². The fraction of sp³-hybridized carbons (Fsp3) is 0.429. The van der Waals surface area contributed by atoms with E-state index in [0.29, 0.717) is 12.2 Å². The van der Waals surface area contributed by atoms with Crippen LogP contribution in [0.25, 0.3) is 0 Å². The lowest BCUT2D eigenvalue weighted by atomic mass is 10.0. The molecule has 1 aromatic rings. The van der Waals surface area contributed by atoms with Gasteiger partial charge in [0.1, 0.15) is 6.04 Å². The molecule has 0 aromatic heterocycles. The van der Waals surface area contributed by atoms with Crippen LogP contribution >= 0.6 is 11.8 Å². The summed E-state index contributed by atoms with van der Waals surface area (Å²) in [7, 11) is 0. The molecule has 0 saturated heterocycles. The van der Waals surface area contributed by atoms with Crippen molar-refractivity contribution in [3.05, 3.63) is 34.4 Å². The number of hydrogen-bond donors (Lipinski definition) is 2. The highest BCUT2D eigenvalue weighted by Crippen LogP contribution is 2.22. The Bertz CT molecular complexity index is 451. The van der Waals surface area contributed by atoms with E-state index in [1.165, 1.54) is 34.0 Å². The van der Waals surface area contributed by atoms with Crippen molar-refractivity contribution < 1.29 is 14.7 Å². The Morgan fingerprint density at radius 3 is 2.42 bits per heavy atom. The number of amides is 1. The fourth-order valence-corrected chi connectivity index (χ4v) is 3.24. The topological polar surface area (TPSA) is 66.4 Å². The molecule has 0 aliphatic heterocycles. The molecule has 19 heavy (non-hydrogen) atoms. The van der Waals surface area contributed by atoms with Crippen molar-refractivity contribution in [2.45, 2.75) is 32.6 Å². The van der Waals surface area contributed by atoms with E-state index in [4.69, 9.17) is 5.11 Å². The van der Waals surface area contributed by atoms with E-state index >= 15 is 0 Å². The number of rotatable bonds is 7. The minimum atomic E-state index is -1.00. The molecule has 1 amide bonds. The van der Waals surface area contributed by atoms with Crippen molar-refractivity contribution in [1.29, 1.82) is 0 Å². The lowest BCUT2D eigenvalue weighted by molar-refractivity contribution is -0.139. The van der Waals surface area contributed by atoms with Gasteiger partial charge in [-0.25, -0.2) is 4.79 Å². The van der Waals surface area contributed by atoms with Gasteiger partial charge in [-0.05, 0) is 37.5 Å². The van der Waals surface area contributed by atoms with Gasteiger partial charge in [0.05, 0.1) is 0 Å². The van der Waals surface area contributed by atoms with Gasteiger partial charge in [-0.2, -0.15) is 11.8 Å². The number of aliphatic carboxylic acids is 1. The first-order chi connectivity index (χ1) is 8.95. The summed E-state index contributed by atoms with van der Waals surface area (Å²) in [6, 6.07) is 3.43. The Kier molecular flexibility index (Phi) is 5.89. The smallest absolute Gasteiger partial charge is 0.327 e. The Labute approximate surface area is 117 Å². The molecule has 0 aliphatic rings. The maximum Gasteiger partial charge on any atom is 0.327 e. The van der Waals surface area contributed by atoms with Crippen LogP contribution in [-0.2, 0) is 15.3 Å². The Morgan fingerprint density at radius 1 is 1.37 bits per heavy atom.